The smallest absolute Gasteiger partial charge is 0.244 e. The Hall–Kier alpha value is -1.10. The molecule has 0 aromatic carbocycles. The highest BCUT2D eigenvalue weighted by Gasteiger charge is 2.38. The van der Waals surface area contributed by atoms with Crippen LogP contribution in [0.25, 0.3) is 0 Å². The van der Waals surface area contributed by atoms with Crippen molar-refractivity contribution in [2.45, 2.75) is 46.1 Å². The fourth-order valence-corrected chi connectivity index (χ4v) is 2.54. The van der Waals surface area contributed by atoms with Gasteiger partial charge in [-0.2, -0.15) is 0 Å². The van der Waals surface area contributed by atoms with E-state index in [1.165, 1.54) is 0 Å². The lowest BCUT2D eigenvalue weighted by molar-refractivity contribution is -0.139. The van der Waals surface area contributed by atoms with Crippen molar-refractivity contribution in [2.75, 3.05) is 26.7 Å². The van der Waals surface area contributed by atoms with Gasteiger partial charge in [-0.15, -0.1) is 0 Å². The lowest BCUT2D eigenvalue weighted by Gasteiger charge is -2.36. The number of rotatable bonds is 5. The Morgan fingerprint density at radius 1 is 1.32 bits per heavy atom. The van der Waals surface area contributed by atoms with Crippen LogP contribution in [0.3, 0.4) is 0 Å². The lowest BCUT2D eigenvalue weighted by atomic mass is 9.75. The van der Waals surface area contributed by atoms with Crippen molar-refractivity contribution in [3.05, 3.63) is 0 Å². The molecule has 1 saturated heterocycles. The van der Waals surface area contributed by atoms with Crippen LogP contribution in [0.1, 0.15) is 40.0 Å². The number of amides is 2. The van der Waals surface area contributed by atoms with Crippen LogP contribution in [0.5, 0.6) is 0 Å². The van der Waals surface area contributed by atoms with Crippen LogP contribution in [0.2, 0.25) is 0 Å². The molecule has 2 amide bonds. The number of piperidine rings is 1. The summed E-state index contributed by atoms with van der Waals surface area (Å²) in [6, 6.07) is -0.448. The van der Waals surface area contributed by atoms with Gasteiger partial charge in [0.25, 0.3) is 0 Å². The van der Waals surface area contributed by atoms with Gasteiger partial charge in [-0.3, -0.25) is 9.59 Å². The molecule has 0 bridgehead atoms. The Kier molecular flexibility index (Phi) is 5.79. The number of nitrogens with one attached hydrogen (secondary N) is 2. The van der Waals surface area contributed by atoms with Crippen molar-refractivity contribution in [1.29, 1.82) is 0 Å². The average molecular weight is 269 g/mol. The van der Waals surface area contributed by atoms with E-state index in [0.29, 0.717) is 6.54 Å². The zero-order chi connectivity index (χ0) is 14.5. The fourth-order valence-electron chi connectivity index (χ4n) is 2.54. The van der Waals surface area contributed by atoms with Crippen LogP contribution in [-0.2, 0) is 9.59 Å². The Balaban J connectivity index is 2.64. The molecule has 0 aromatic rings. The number of hydrogen-bond acceptors (Lipinski definition) is 3. The molecular weight excluding hydrogens is 242 g/mol. The highest BCUT2D eigenvalue weighted by atomic mass is 16.2. The van der Waals surface area contributed by atoms with Crippen LogP contribution in [-0.4, -0.2) is 49.4 Å². The molecule has 1 rings (SSSR count). The summed E-state index contributed by atoms with van der Waals surface area (Å²) in [5.41, 5.74) is -0.301. The van der Waals surface area contributed by atoms with Crippen LogP contribution in [0, 0.1) is 5.41 Å². The molecule has 1 atom stereocenters. The monoisotopic (exact) mass is 269 g/mol. The molecule has 2 N–H and O–H groups in total. The second-order valence-corrected chi connectivity index (χ2v) is 5.43. The van der Waals surface area contributed by atoms with Crippen molar-refractivity contribution < 1.29 is 9.59 Å². The van der Waals surface area contributed by atoms with Gasteiger partial charge in [0.05, 0.1) is 5.41 Å². The largest absolute Gasteiger partial charge is 0.344 e. The normalized spacial score (nSPS) is 19.6. The molecular formula is C14H27N3O2. The van der Waals surface area contributed by atoms with Gasteiger partial charge >= 0.3 is 0 Å². The molecule has 5 nitrogen and oxygen atoms in total. The van der Waals surface area contributed by atoms with E-state index in [-0.39, 0.29) is 17.2 Å². The Morgan fingerprint density at radius 3 is 2.37 bits per heavy atom. The van der Waals surface area contributed by atoms with Crippen LogP contribution in [0.4, 0.5) is 0 Å². The van der Waals surface area contributed by atoms with Crippen molar-refractivity contribution in [3.8, 4) is 0 Å². The SMILES string of the molecule is CCN(C)C(=O)C(C)NC(=O)C1(CC)CCNCC1. The molecule has 1 aliphatic rings. The van der Waals surface area contributed by atoms with Gasteiger partial charge in [0.15, 0.2) is 0 Å². The molecule has 0 radical (unpaired) electrons. The van der Waals surface area contributed by atoms with Crippen LogP contribution >= 0.6 is 0 Å². The number of nitrogens with zero attached hydrogens (tertiary/aromatic N) is 1. The summed E-state index contributed by atoms with van der Waals surface area (Å²) in [5, 5.41) is 6.18. The quantitative estimate of drug-likeness (QED) is 0.774. The van der Waals surface area contributed by atoms with Gasteiger partial charge < -0.3 is 15.5 Å². The molecule has 1 heterocycles. The highest BCUT2D eigenvalue weighted by molar-refractivity contribution is 5.89. The number of carbonyl (C=O) groups excluding carboxylic acids is 2. The van der Waals surface area contributed by atoms with Gasteiger partial charge in [-0.05, 0) is 46.2 Å². The number of carbonyl (C=O) groups is 2. The van der Waals surface area contributed by atoms with Gasteiger partial charge in [0.1, 0.15) is 6.04 Å². The summed E-state index contributed by atoms with van der Waals surface area (Å²) < 4.78 is 0. The maximum atomic E-state index is 12.5. The Labute approximate surface area is 116 Å². The predicted molar refractivity (Wildman–Crippen MR) is 75.7 cm³/mol. The zero-order valence-corrected chi connectivity index (χ0v) is 12.6. The minimum atomic E-state index is -0.448. The van der Waals surface area contributed by atoms with E-state index in [1.807, 2.05) is 6.92 Å². The molecule has 5 heteroatoms. The van der Waals surface area contributed by atoms with Gasteiger partial charge in [-0.25, -0.2) is 0 Å². The molecule has 19 heavy (non-hydrogen) atoms. The number of likely N-dealkylation sites (N-methyl/N-ethyl adjacent to an activating group) is 1. The lowest BCUT2D eigenvalue weighted by Crippen LogP contribution is -2.53. The van der Waals surface area contributed by atoms with Gasteiger partial charge in [0, 0.05) is 13.6 Å². The summed E-state index contributed by atoms with van der Waals surface area (Å²) in [6.07, 6.45) is 2.52. The van der Waals surface area contributed by atoms with Gasteiger partial charge in [-0.1, -0.05) is 6.92 Å². The van der Waals surface area contributed by atoms with Gasteiger partial charge in [0.2, 0.25) is 11.8 Å². The molecule has 0 spiro atoms. The van der Waals surface area contributed by atoms with E-state index in [2.05, 4.69) is 17.6 Å². The number of hydrogen-bond donors (Lipinski definition) is 2. The third-order valence-electron chi connectivity index (χ3n) is 4.29. The summed E-state index contributed by atoms with van der Waals surface area (Å²) >= 11 is 0. The fraction of sp³-hybridized carbons (Fsp3) is 0.857. The summed E-state index contributed by atoms with van der Waals surface area (Å²) in [7, 11) is 1.76. The predicted octanol–water partition coefficient (Wildman–Crippen LogP) is 0.749. The molecule has 0 aromatic heterocycles. The van der Waals surface area contributed by atoms with Crippen molar-refractivity contribution >= 4 is 11.8 Å². The summed E-state index contributed by atoms with van der Waals surface area (Å²) in [6.45, 7) is 8.14. The average Bonchev–Trinajstić information content (AvgIpc) is 2.45. The maximum Gasteiger partial charge on any atom is 0.244 e. The van der Waals surface area contributed by atoms with E-state index in [1.54, 1.807) is 18.9 Å². The van der Waals surface area contributed by atoms with Crippen molar-refractivity contribution in [3.63, 3.8) is 0 Å². The van der Waals surface area contributed by atoms with E-state index in [9.17, 15) is 9.59 Å². The van der Waals surface area contributed by atoms with Crippen molar-refractivity contribution in [1.82, 2.24) is 15.5 Å². The first-order valence-electron chi connectivity index (χ1n) is 7.23. The summed E-state index contributed by atoms with van der Waals surface area (Å²) in [4.78, 5) is 26.1. The first-order valence-corrected chi connectivity index (χ1v) is 7.23. The first-order chi connectivity index (χ1) is 8.96. The van der Waals surface area contributed by atoms with E-state index in [0.717, 1.165) is 32.4 Å². The van der Waals surface area contributed by atoms with Crippen LogP contribution in [0.15, 0.2) is 0 Å². The van der Waals surface area contributed by atoms with E-state index in [4.69, 9.17) is 0 Å². The van der Waals surface area contributed by atoms with Crippen LogP contribution < -0.4 is 10.6 Å². The van der Waals surface area contributed by atoms with E-state index >= 15 is 0 Å². The first kappa shape index (κ1) is 16.0. The highest BCUT2D eigenvalue weighted by Crippen LogP contribution is 2.32. The van der Waals surface area contributed by atoms with E-state index < -0.39 is 6.04 Å². The third kappa shape index (κ3) is 3.69. The third-order valence-corrected chi connectivity index (χ3v) is 4.29. The molecule has 1 unspecified atom stereocenters. The Morgan fingerprint density at radius 2 is 1.89 bits per heavy atom. The minimum absolute atomic E-state index is 0.0295. The Bertz CT molecular complexity index is 325. The molecule has 110 valence electrons. The molecule has 0 aliphatic carbocycles. The second-order valence-electron chi connectivity index (χ2n) is 5.43. The topological polar surface area (TPSA) is 61.4 Å². The molecule has 0 saturated carbocycles. The summed E-state index contributed by atoms with van der Waals surface area (Å²) in [5.74, 6) is -0.00195. The standard InChI is InChI=1S/C14H27N3O2/c1-5-14(7-9-15-10-8-14)13(19)16-11(3)12(18)17(4)6-2/h11,15H,5-10H2,1-4H3,(H,16,19). The molecule has 1 aliphatic heterocycles. The molecule has 1 fully saturated rings. The van der Waals surface area contributed by atoms with Crippen molar-refractivity contribution in [2.24, 2.45) is 5.41 Å². The minimum Gasteiger partial charge on any atom is -0.344 e. The zero-order valence-electron chi connectivity index (χ0n) is 12.6. The maximum absolute atomic E-state index is 12.5. The second kappa shape index (κ2) is 6.89.